The maximum absolute atomic E-state index is 12.6. The summed E-state index contributed by atoms with van der Waals surface area (Å²) in [6, 6.07) is 11.8. The van der Waals surface area contributed by atoms with Gasteiger partial charge < -0.3 is 10.1 Å². The summed E-state index contributed by atoms with van der Waals surface area (Å²) in [6.45, 7) is 1.42. The van der Waals surface area contributed by atoms with Crippen LogP contribution in [-0.2, 0) is 11.8 Å². The third-order valence-electron chi connectivity index (χ3n) is 4.32. The number of aryl methyl sites for hydroxylation is 1. The van der Waals surface area contributed by atoms with Crippen LogP contribution in [-0.4, -0.2) is 38.7 Å². The number of anilines is 1. The molecule has 1 aromatic carbocycles. The van der Waals surface area contributed by atoms with E-state index in [1.807, 2.05) is 41.2 Å². The first kappa shape index (κ1) is 15.6. The smallest absolute Gasteiger partial charge is 0.274 e. The predicted octanol–water partition coefficient (Wildman–Crippen LogP) is 2.50. The highest BCUT2D eigenvalue weighted by molar-refractivity contribution is 6.03. The second-order valence-corrected chi connectivity index (χ2v) is 6.09. The van der Waals surface area contributed by atoms with E-state index in [1.165, 1.54) is 0 Å². The van der Waals surface area contributed by atoms with Crippen LogP contribution in [0.4, 0.5) is 5.69 Å². The molecule has 0 saturated carbocycles. The normalized spacial score (nSPS) is 16.9. The molecule has 1 unspecified atom stereocenters. The number of hydrogen-bond acceptors (Lipinski definition) is 4. The molecule has 1 aliphatic heterocycles. The third-order valence-corrected chi connectivity index (χ3v) is 4.32. The summed E-state index contributed by atoms with van der Waals surface area (Å²) in [4.78, 5) is 12.6. The van der Waals surface area contributed by atoms with Gasteiger partial charge in [-0.2, -0.15) is 10.2 Å². The predicted molar refractivity (Wildman–Crippen MR) is 93.3 cm³/mol. The van der Waals surface area contributed by atoms with Gasteiger partial charge in [-0.1, -0.05) is 30.3 Å². The number of nitrogens with one attached hydrogen (secondary N) is 1. The second-order valence-electron chi connectivity index (χ2n) is 6.09. The molecular weight excluding hydrogens is 318 g/mol. The highest BCUT2D eigenvalue weighted by atomic mass is 16.5. The Morgan fingerprint density at radius 2 is 2.16 bits per heavy atom. The van der Waals surface area contributed by atoms with Crippen LogP contribution in [0.1, 0.15) is 23.0 Å². The Labute approximate surface area is 145 Å². The lowest BCUT2D eigenvalue weighted by Crippen LogP contribution is -2.15. The van der Waals surface area contributed by atoms with E-state index >= 15 is 0 Å². The number of carbonyl (C=O) groups is 1. The van der Waals surface area contributed by atoms with Crippen molar-refractivity contribution in [2.75, 3.05) is 18.5 Å². The van der Waals surface area contributed by atoms with Gasteiger partial charge in [0.2, 0.25) is 0 Å². The van der Waals surface area contributed by atoms with Crippen molar-refractivity contribution in [1.82, 2.24) is 19.6 Å². The molecule has 1 N–H and O–H groups in total. The topological polar surface area (TPSA) is 74.0 Å². The summed E-state index contributed by atoms with van der Waals surface area (Å²) >= 11 is 0. The molecule has 128 valence electrons. The van der Waals surface area contributed by atoms with Gasteiger partial charge in [0.05, 0.1) is 30.2 Å². The van der Waals surface area contributed by atoms with E-state index in [4.69, 9.17) is 4.74 Å². The molecular formula is C18H19N5O2. The molecule has 2 aromatic heterocycles. The first-order chi connectivity index (χ1) is 12.2. The molecule has 1 amide bonds. The van der Waals surface area contributed by atoms with Gasteiger partial charge >= 0.3 is 0 Å². The Morgan fingerprint density at radius 1 is 1.32 bits per heavy atom. The van der Waals surface area contributed by atoms with Crippen molar-refractivity contribution >= 4 is 11.6 Å². The Morgan fingerprint density at radius 3 is 2.92 bits per heavy atom. The molecule has 1 fully saturated rings. The number of ether oxygens (including phenoxy) is 1. The van der Waals surface area contributed by atoms with Gasteiger partial charge in [0, 0.05) is 25.4 Å². The first-order valence-corrected chi connectivity index (χ1v) is 8.23. The third kappa shape index (κ3) is 3.18. The Kier molecular flexibility index (Phi) is 4.07. The number of nitrogens with zero attached hydrogens (tertiary/aromatic N) is 4. The Balaban J connectivity index is 1.51. The summed E-state index contributed by atoms with van der Waals surface area (Å²) in [6.07, 6.45) is 4.44. The standard InChI is InChI=1S/C18H19N5O2/c1-22-17(9-16(21-22)13-5-3-2-4-6-13)18(24)20-14-10-19-23(11-14)15-7-8-25-12-15/h2-6,9-11,15H,7-8,12H2,1H3,(H,20,24). The lowest BCUT2D eigenvalue weighted by Gasteiger charge is -2.07. The van der Waals surface area contributed by atoms with E-state index in [9.17, 15) is 4.79 Å². The molecule has 0 aliphatic carbocycles. The van der Waals surface area contributed by atoms with Crippen LogP contribution in [0.15, 0.2) is 48.8 Å². The van der Waals surface area contributed by atoms with E-state index in [0.29, 0.717) is 18.0 Å². The van der Waals surface area contributed by atoms with Crippen molar-refractivity contribution in [1.29, 1.82) is 0 Å². The first-order valence-electron chi connectivity index (χ1n) is 8.23. The van der Waals surface area contributed by atoms with Gasteiger partial charge in [-0.15, -0.1) is 0 Å². The second kappa shape index (κ2) is 6.52. The molecule has 1 atom stereocenters. The van der Waals surface area contributed by atoms with Crippen molar-refractivity contribution in [2.24, 2.45) is 7.05 Å². The van der Waals surface area contributed by atoms with Crippen molar-refractivity contribution in [3.63, 3.8) is 0 Å². The molecule has 0 bridgehead atoms. The monoisotopic (exact) mass is 337 g/mol. The van der Waals surface area contributed by atoms with Gasteiger partial charge in [0.15, 0.2) is 0 Å². The van der Waals surface area contributed by atoms with E-state index in [0.717, 1.165) is 24.3 Å². The lowest BCUT2D eigenvalue weighted by molar-refractivity contribution is 0.101. The van der Waals surface area contributed by atoms with Gasteiger partial charge in [-0.25, -0.2) is 0 Å². The van der Waals surface area contributed by atoms with Crippen LogP contribution >= 0.6 is 0 Å². The number of amides is 1. The summed E-state index contributed by atoms with van der Waals surface area (Å²) < 4.78 is 8.81. The number of rotatable bonds is 4. The maximum atomic E-state index is 12.6. The van der Waals surface area contributed by atoms with Crippen LogP contribution in [0.5, 0.6) is 0 Å². The van der Waals surface area contributed by atoms with E-state index in [-0.39, 0.29) is 11.9 Å². The minimum absolute atomic E-state index is 0.209. The van der Waals surface area contributed by atoms with Gasteiger partial charge in [0.1, 0.15) is 5.69 Å². The van der Waals surface area contributed by atoms with Crippen LogP contribution < -0.4 is 5.32 Å². The molecule has 0 radical (unpaired) electrons. The average molecular weight is 337 g/mol. The number of carbonyl (C=O) groups excluding carboxylic acids is 1. The fraction of sp³-hybridized carbons (Fsp3) is 0.278. The molecule has 7 heteroatoms. The highest BCUT2D eigenvalue weighted by Gasteiger charge is 2.19. The summed E-state index contributed by atoms with van der Waals surface area (Å²) in [5.41, 5.74) is 2.91. The largest absolute Gasteiger partial charge is 0.379 e. The van der Waals surface area contributed by atoms with Gasteiger partial charge in [0.25, 0.3) is 5.91 Å². The Hall–Kier alpha value is -2.93. The van der Waals surface area contributed by atoms with Gasteiger partial charge in [-0.3, -0.25) is 14.2 Å². The molecule has 7 nitrogen and oxygen atoms in total. The number of hydrogen-bond donors (Lipinski definition) is 1. The van der Waals surface area contributed by atoms with Crippen LogP contribution in [0, 0.1) is 0 Å². The molecule has 4 rings (SSSR count). The highest BCUT2D eigenvalue weighted by Crippen LogP contribution is 2.21. The zero-order chi connectivity index (χ0) is 17.2. The van der Waals surface area contributed by atoms with Gasteiger partial charge in [-0.05, 0) is 12.5 Å². The van der Waals surface area contributed by atoms with Crippen LogP contribution in [0.2, 0.25) is 0 Å². The SMILES string of the molecule is Cn1nc(-c2ccccc2)cc1C(=O)Nc1cnn(C2CCOC2)c1. The molecule has 3 heterocycles. The molecule has 25 heavy (non-hydrogen) atoms. The molecule has 1 aliphatic rings. The van der Waals surface area contributed by atoms with Crippen molar-refractivity contribution in [2.45, 2.75) is 12.5 Å². The number of benzene rings is 1. The van der Waals surface area contributed by atoms with E-state index in [1.54, 1.807) is 24.0 Å². The fourth-order valence-corrected chi connectivity index (χ4v) is 2.96. The van der Waals surface area contributed by atoms with E-state index in [2.05, 4.69) is 15.5 Å². The van der Waals surface area contributed by atoms with E-state index < -0.39 is 0 Å². The van der Waals surface area contributed by atoms with Crippen LogP contribution in [0.25, 0.3) is 11.3 Å². The zero-order valence-corrected chi connectivity index (χ0v) is 13.9. The molecule has 1 saturated heterocycles. The zero-order valence-electron chi connectivity index (χ0n) is 13.9. The molecule has 3 aromatic rings. The quantitative estimate of drug-likeness (QED) is 0.794. The summed E-state index contributed by atoms with van der Waals surface area (Å²) in [5.74, 6) is -0.209. The van der Waals surface area contributed by atoms with Crippen molar-refractivity contribution in [3.05, 3.63) is 54.5 Å². The van der Waals surface area contributed by atoms with Crippen LogP contribution in [0.3, 0.4) is 0 Å². The average Bonchev–Trinajstić information content (AvgIpc) is 3.35. The number of aromatic nitrogens is 4. The van der Waals surface area contributed by atoms with Crippen molar-refractivity contribution < 1.29 is 9.53 Å². The van der Waals surface area contributed by atoms with Crippen molar-refractivity contribution in [3.8, 4) is 11.3 Å². The Bertz CT molecular complexity index is 878. The molecule has 0 spiro atoms. The lowest BCUT2D eigenvalue weighted by atomic mass is 10.1. The maximum Gasteiger partial charge on any atom is 0.274 e. The minimum atomic E-state index is -0.209. The summed E-state index contributed by atoms with van der Waals surface area (Å²) in [5, 5.41) is 11.6. The summed E-state index contributed by atoms with van der Waals surface area (Å²) in [7, 11) is 1.76. The minimum Gasteiger partial charge on any atom is -0.379 e. The fourth-order valence-electron chi connectivity index (χ4n) is 2.96.